The molecule has 0 saturated heterocycles. The fourth-order valence-corrected chi connectivity index (χ4v) is 4.04. The number of halogens is 1. The molecule has 0 aliphatic rings. The van der Waals surface area contributed by atoms with E-state index in [0.29, 0.717) is 15.7 Å². The van der Waals surface area contributed by atoms with Gasteiger partial charge in [0.15, 0.2) is 0 Å². The Labute approximate surface area is 149 Å². The van der Waals surface area contributed by atoms with Gasteiger partial charge in [-0.15, -0.1) is 0 Å². The number of anilines is 2. The third kappa shape index (κ3) is 3.22. The topological polar surface area (TPSA) is 62.3 Å². The summed E-state index contributed by atoms with van der Waals surface area (Å²) < 4.78 is 28.9. The fraction of sp³-hybridized carbons (Fsp3) is 0.118. The molecule has 0 radical (unpaired) electrons. The molecule has 0 fully saturated rings. The normalized spacial score (nSPS) is 11.5. The van der Waals surface area contributed by atoms with Crippen molar-refractivity contribution in [3.63, 3.8) is 0 Å². The fourth-order valence-electron chi connectivity index (χ4n) is 2.54. The van der Waals surface area contributed by atoms with Crippen molar-refractivity contribution < 1.29 is 8.42 Å². The summed E-state index contributed by atoms with van der Waals surface area (Å²) in [5.41, 5.74) is 1.38. The number of benzene rings is 2. The number of hydrogen-bond acceptors (Lipinski definition) is 4. The Bertz CT molecular complexity index is 986. The first-order valence-electron chi connectivity index (χ1n) is 7.22. The molecule has 0 saturated carbocycles. The van der Waals surface area contributed by atoms with E-state index < -0.39 is 10.0 Å². The minimum atomic E-state index is -3.72. The molecule has 7 heteroatoms. The zero-order valence-corrected chi connectivity index (χ0v) is 15.6. The zero-order valence-electron chi connectivity index (χ0n) is 13.2. The van der Waals surface area contributed by atoms with Crippen molar-refractivity contribution in [2.24, 2.45) is 0 Å². The Hall–Kier alpha value is -2.12. The van der Waals surface area contributed by atoms with E-state index in [1.807, 2.05) is 43.3 Å². The molecule has 0 atom stereocenters. The highest BCUT2D eigenvalue weighted by molar-refractivity contribution is 9.10. The summed E-state index contributed by atoms with van der Waals surface area (Å²) in [5.74, 6) is 0. The Morgan fingerprint density at radius 3 is 2.38 bits per heavy atom. The van der Waals surface area contributed by atoms with Gasteiger partial charge in [0.2, 0.25) is 0 Å². The molecular formula is C17H16BrN3O2S. The molecule has 5 nitrogen and oxygen atoms in total. The maximum Gasteiger partial charge on any atom is 0.262 e. The van der Waals surface area contributed by atoms with E-state index >= 15 is 0 Å². The van der Waals surface area contributed by atoms with E-state index in [0.717, 1.165) is 11.1 Å². The number of aromatic nitrogens is 1. The first-order valence-corrected chi connectivity index (χ1v) is 9.49. The van der Waals surface area contributed by atoms with E-state index in [-0.39, 0.29) is 4.90 Å². The van der Waals surface area contributed by atoms with Crippen LogP contribution in [0.4, 0.5) is 11.4 Å². The maximum absolute atomic E-state index is 12.8. The maximum atomic E-state index is 12.8. The smallest absolute Gasteiger partial charge is 0.262 e. The van der Waals surface area contributed by atoms with Gasteiger partial charge >= 0.3 is 0 Å². The molecule has 124 valence electrons. The highest BCUT2D eigenvalue weighted by Gasteiger charge is 2.18. The van der Waals surface area contributed by atoms with Crippen LogP contribution in [0.2, 0.25) is 0 Å². The van der Waals surface area contributed by atoms with E-state index in [2.05, 4.69) is 25.6 Å². The first-order chi connectivity index (χ1) is 11.4. The van der Waals surface area contributed by atoms with E-state index in [1.54, 1.807) is 24.3 Å². The van der Waals surface area contributed by atoms with Gasteiger partial charge in [-0.05, 0) is 40.2 Å². The average molecular weight is 406 g/mol. The number of pyridine rings is 1. The van der Waals surface area contributed by atoms with Crippen LogP contribution in [0.1, 0.15) is 0 Å². The van der Waals surface area contributed by atoms with Crippen LogP contribution < -0.4 is 9.62 Å². The van der Waals surface area contributed by atoms with Crippen molar-refractivity contribution in [3.05, 3.63) is 59.3 Å². The number of nitrogens with zero attached hydrogens (tertiary/aromatic N) is 2. The number of sulfonamides is 1. The lowest BCUT2D eigenvalue weighted by atomic mass is 10.1. The Kier molecular flexibility index (Phi) is 4.47. The number of rotatable bonds is 4. The number of hydrogen-bond donors (Lipinski definition) is 1. The van der Waals surface area contributed by atoms with Gasteiger partial charge in [0.05, 0.1) is 16.8 Å². The van der Waals surface area contributed by atoms with Gasteiger partial charge in [0.25, 0.3) is 10.0 Å². The van der Waals surface area contributed by atoms with Gasteiger partial charge in [-0.2, -0.15) is 0 Å². The quantitative estimate of drug-likeness (QED) is 0.669. The summed E-state index contributed by atoms with van der Waals surface area (Å²) in [6.07, 6.45) is 1.47. The Morgan fingerprint density at radius 1 is 1.00 bits per heavy atom. The molecule has 0 amide bonds. The van der Waals surface area contributed by atoms with Crippen molar-refractivity contribution in [1.29, 1.82) is 0 Å². The van der Waals surface area contributed by atoms with Crippen LogP contribution in [0.3, 0.4) is 0 Å². The first kappa shape index (κ1) is 16.7. The van der Waals surface area contributed by atoms with Crippen LogP contribution in [0.5, 0.6) is 0 Å². The van der Waals surface area contributed by atoms with Crippen LogP contribution in [-0.4, -0.2) is 27.5 Å². The second-order valence-corrected chi connectivity index (χ2v) is 7.96. The van der Waals surface area contributed by atoms with Gasteiger partial charge in [0.1, 0.15) is 4.60 Å². The van der Waals surface area contributed by atoms with Gasteiger partial charge < -0.3 is 4.90 Å². The summed E-state index contributed by atoms with van der Waals surface area (Å²) in [6, 6.07) is 14.3. The van der Waals surface area contributed by atoms with Crippen LogP contribution in [0.25, 0.3) is 10.8 Å². The minimum absolute atomic E-state index is 0.242. The lowest BCUT2D eigenvalue weighted by Gasteiger charge is -2.17. The lowest BCUT2D eigenvalue weighted by Crippen LogP contribution is -2.14. The second-order valence-electron chi connectivity index (χ2n) is 5.50. The molecule has 1 heterocycles. The predicted octanol–water partition coefficient (Wildman–Crippen LogP) is 3.86. The summed E-state index contributed by atoms with van der Waals surface area (Å²) in [6.45, 7) is 0. The molecule has 24 heavy (non-hydrogen) atoms. The standard InChI is InChI=1S/C17H16BrN3O2S/c1-21(2)15-7-3-6-14-13(15)5-4-8-16(14)24(22,23)20-12-9-10-17(18)19-11-12/h3-11,20H,1-2H3. The van der Waals surface area contributed by atoms with Gasteiger partial charge in [0, 0.05) is 30.6 Å². The van der Waals surface area contributed by atoms with Gasteiger partial charge in [-0.3, -0.25) is 4.72 Å². The average Bonchev–Trinajstić information content (AvgIpc) is 2.55. The summed E-state index contributed by atoms with van der Waals surface area (Å²) in [7, 11) is 0.145. The molecule has 1 aromatic heterocycles. The van der Waals surface area contributed by atoms with Crippen molar-refractivity contribution >= 4 is 48.1 Å². The molecule has 3 aromatic rings. The molecule has 0 unspecified atom stereocenters. The lowest BCUT2D eigenvalue weighted by molar-refractivity contribution is 0.602. The van der Waals surface area contributed by atoms with Crippen LogP contribution >= 0.6 is 15.9 Å². The van der Waals surface area contributed by atoms with Crippen LogP contribution in [0.15, 0.2) is 64.2 Å². The second kappa shape index (κ2) is 6.41. The van der Waals surface area contributed by atoms with E-state index in [9.17, 15) is 8.42 Å². The Morgan fingerprint density at radius 2 is 1.71 bits per heavy atom. The minimum Gasteiger partial charge on any atom is -0.377 e. The van der Waals surface area contributed by atoms with Crippen molar-refractivity contribution in [1.82, 2.24) is 4.98 Å². The van der Waals surface area contributed by atoms with Crippen LogP contribution in [-0.2, 0) is 10.0 Å². The summed E-state index contributed by atoms with van der Waals surface area (Å²) >= 11 is 3.23. The molecule has 0 aliphatic carbocycles. The zero-order chi connectivity index (χ0) is 17.3. The van der Waals surface area contributed by atoms with E-state index in [1.165, 1.54) is 6.20 Å². The highest BCUT2D eigenvalue weighted by atomic mass is 79.9. The largest absolute Gasteiger partial charge is 0.377 e. The molecule has 0 aliphatic heterocycles. The molecule has 1 N–H and O–H groups in total. The Balaban J connectivity index is 2.11. The van der Waals surface area contributed by atoms with Crippen molar-refractivity contribution in [3.8, 4) is 0 Å². The number of nitrogens with one attached hydrogen (secondary N) is 1. The van der Waals surface area contributed by atoms with Crippen LogP contribution in [0, 0.1) is 0 Å². The van der Waals surface area contributed by atoms with Crippen molar-refractivity contribution in [2.45, 2.75) is 4.90 Å². The summed E-state index contributed by atoms with van der Waals surface area (Å²) in [4.78, 5) is 6.24. The van der Waals surface area contributed by atoms with Gasteiger partial charge in [-0.1, -0.05) is 24.3 Å². The molecule has 2 aromatic carbocycles. The molecule has 0 bridgehead atoms. The van der Waals surface area contributed by atoms with Crippen molar-refractivity contribution in [2.75, 3.05) is 23.7 Å². The predicted molar refractivity (Wildman–Crippen MR) is 101 cm³/mol. The highest BCUT2D eigenvalue weighted by Crippen LogP contribution is 2.31. The number of fused-ring (bicyclic) bond motifs is 1. The third-order valence-corrected chi connectivity index (χ3v) is 5.52. The van der Waals surface area contributed by atoms with Gasteiger partial charge in [-0.25, -0.2) is 13.4 Å². The third-order valence-electron chi connectivity index (χ3n) is 3.61. The molecule has 3 rings (SSSR count). The monoisotopic (exact) mass is 405 g/mol. The van der Waals surface area contributed by atoms with E-state index in [4.69, 9.17) is 0 Å². The molecule has 0 spiro atoms. The molecular weight excluding hydrogens is 390 g/mol. The summed E-state index contributed by atoms with van der Waals surface area (Å²) in [5, 5.41) is 1.57. The SMILES string of the molecule is CN(C)c1cccc2c(S(=O)(=O)Nc3ccc(Br)nc3)cccc12.